The summed E-state index contributed by atoms with van der Waals surface area (Å²) in [6.45, 7) is 4.77. The van der Waals surface area contributed by atoms with Gasteiger partial charge in [0.25, 0.3) is 0 Å². The van der Waals surface area contributed by atoms with Gasteiger partial charge in [-0.15, -0.1) is 11.3 Å². The summed E-state index contributed by atoms with van der Waals surface area (Å²) in [4.78, 5) is 4.42. The zero-order valence-electron chi connectivity index (χ0n) is 9.55. The molecule has 0 saturated heterocycles. The van der Waals surface area contributed by atoms with Gasteiger partial charge in [0, 0.05) is 17.8 Å². The lowest BCUT2D eigenvalue weighted by molar-refractivity contribution is 0.173. The van der Waals surface area contributed by atoms with E-state index in [1.807, 2.05) is 32.3 Å². The molecule has 4 heteroatoms. The van der Waals surface area contributed by atoms with E-state index in [4.69, 9.17) is 0 Å². The lowest BCUT2D eigenvalue weighted by Gasteiger charge is -2.04. The zero-order chi connectivity index (χ0) is 11.5. The van der Waals surface area contributed by atoms with Crippen LogP contribution in [-0.4, -0.2) is 14.7 Å². The quantitative estimate of drug-likeness (QED) is 0.886. The summed E-state index contributed by atoms with van der Waals surface area (Å²) in [5.74, 6) is 0. The van der Waals surface area contributed by atoms with E-state index in [9.17, 15) is 5.11 Å². The van der Waals surface area contributed by atoms with Crippen molar-refractivity contribution >= 4 is 11.3 Å². The van der Waals surface area contributed by atoms with Gasteiger partial charge in [0.1, 0.15) is 0 Å². The highest BCUT2D eigenvalue weighted by Crippen LogP contribution is 2.17. The molecule has 1 N–H and O–H groups in total. The average Bonchev–Trinajstić information content (AvgIpc) is 2.87. The number of thiazole rings is 1. The molecule has 1 unspecified atom stereocenters. The minimum atomic E-state index is -0.349. The highest BCUT2D eigenvalue weighted by atomic mass is 32.1. The van der Waals surface area contributed by atoms with E-state index in [0.717, 1.165) is 29.2 Å². The maximum Gasteiger partial charge on any atom is 0.0898 e. The van der Waals surface area contributed by atoms with Crippen molar-refractivity contribution in [3.05, 3.63) is 40.1 Å². The Morgan fingerprint density at radius 1 is 1.56 bits per heavy atom. The van der Waals surface area contributed by atoms with E-state index >= 15 is 0 Å². The van der Waals surface area contributed by atoms with Gasteiger partial charge in [0.2, 0.25) is 0 Å². The summed E-state index contributed by atoms with van der Waals surface area (Å²) in [6.07, 6.45) is 4.38. The summed E-state index contributed by atoms with van der Waals surface area (Å²) in [5, 5.41) is 12.9. The number of hydrogen-bond donors (Lipinski definition) is 1. The van der Waals surface area contributed by atoms with E-state index in [-0.39, 0.29) is 6.10 Å². The summed E-state index contributed by atoms with van der Waals surface area (Å²) in [6, 6.07) is 1.97. The second kappa shape index (κ2) is 4.80. The molecule has 0 fully saturated rings. The summed E-state index contributed by atoms with van der Waals surface area (Å²) < 4.78 is 2.06. The van der Waals surface area contributed by atoms with Gasteiger partial charge in [0.15, 0.2) is 0 Å². The monoisotopic (exact) mass is 236 g/mol. The Morgan fingerprint density at radius 3 is 3.00 bits per heavy atom. The Bertz CT molecular complexity index is 461. The van der Waals surface area contributed by atoms with Crippen LogP contribution in [0, 0.1) is 6.92 Å². The third kappa shape index (κ3) is 2.51. The molecule has 0 amide bonds. The molecular formula is C12H16N2OS. The Hall–Kier alpha value is -1.13. The molecule has 1 atom stereocenters. The van der Waals surface area contributed by atoms with Crippen molar-refractivity contribution in [2.75, 3.05) is 0 Å². The normalized spacial score (nSPS) is 12.9. The molecule has 2 heterocycles. The van der Waals surface area contributed by atoms with Crippen LogP contribution in [0.3, 0.4) is 0 Å². The summed E-state index contributed by atoms with van der Waals surface area (Å²) in [7, 11) is 0. The van der Waals surface area contributed by atoms with Gasteiger partial charge in [-0.1, -0.05) is 6.92 Å². The van der Waals surface area contributed by atoms with Crippen LogP contribution in [0.1, 0.15) is 35.7 Å². The minimum Gasteiger partial charge on any atom is -0.388 e. The van der Waals surface area contributed by atoms with Gasteiger partial charge < -0.3 is 9.67 Å². The fourth-order valence-corrected chi connectivity index (χ4v) is 2.26. The van der Waals surface area contributed by atoms with Gasteiger partial charge in [0.05, 0.1) is 23.4 Å². The Morgan fingerprint density at radius 2 is 2.38 bits per heavy atom. The number of aliphatic hydroxyl groups excluding tert-OH is 1. The Labute approximate surface area is 99.4 Å². The van der Waals surface area contributed by atoms with Crippen LogP contribution in [0.4, 0.5) is 0 Å². The number of aromatic nitrogens is 2. The number of nitrogens with zero attached hydrogens (tertiary/aromatic N) is 2. The average molecular weight is 236 g/mol. The van der Waals surface area contributed by atoms with Crippen LogP contribution in [0.2, 0.25) is 0 Å². The maximum absolute atomic E-state index is 9.69. The molecule has 0 saturated carbocycles. The third-order valence-electron chi connectivity index (χ3n) is 2.56. The van der Waals surface area contributed by atoms with Crippen LogP contribution >= 0.6 is 11.3 Å². The van der Waals surface area contributed by atoms with E-state index in [0.29, 0.717) is 0 Å². The lowest BCUT2D eigenvalue weighted by atomic mass is 10.1. The number of aliphatic hydroxyl groups is 1. The molecule has 0 spiro atoms. The number of rotatable bonds is 4. The fourth-order valence-electron chi connectivity index (χ4n) is 1.66. The van der Waals surface area contributed by atoms with Gasteiger partial charge in [-0.25, -0.2) is 4.98 Å². The van der Waals surface area contributed by atoms with Crippen LogP contribution in [0.5, 0.6) is 0 Å². The topological polar surface area (TPSA) is 38.0 Å². The van der Waals surface area contributed by atoms with Crippen molar-refractivity contribution < 1.29 is 5.11 Å². The molecule has 0 aliphatic rings. The SMILES string of the molecule is CCC(O)c1ccn(Cc2csc(C)n2)c1. The van der Waals surface area contributed by atoms with Crippen LogP contribution in [0.15, 0.2) is 23.8 Å². The molecule has 0 aliphatic carbocycles. The first kappa shape index (κ1) is 11.4. The molecule has 16 heavy (non-hydrogen) atoms. The Balaban J connectivity index is 2.08. The minimum absolute atomic E-state index is 0.349. The highest BCUT2D eigenvalue weighted by Gasteiger charge is 2.07. The van der Waals surface area contributed by atoms with Crippen LogP contribution < -0.4 is 0 Å². The fraction of sp³-hybridized carbons (Fsp3) is 0.417. The van der Waals surface area contributed by atoms with E-state index in [1.54, 1.807) is 11.3 Å². The van der Waals surface area contributed by atoms with Gasteiger partial charge >= 0.3 is 0 Å². The predicted octanol–water partition coefficient (Wildman–Crippen LogP) is 2.74. The second-order valence-corrected chi connectivity index (χ2v) is 4.96. The summed E-state index contributed by atoms with van der Waals surface area (Å²) in [5.41, 5.74) is 2.06. The molecular weight excluding hydrogens is 220 g/mol. The first-order chi connectivity index (χ1) is 7.69. The second-order valence-electron chi connectivity index (χ2n) is 3.90. The van der Waals surface area contributed by atoms with Crippen molar-refractivity contribution in [2.45, 2.75) is 32.9 Å². The summed E-state index contributed by atoms with van der Waals surface area (Å²) >= 11 is 1.67. The zero-order valence-corrected chi connectivity index (χ0v) is 10.4. The van der Waals surface area contributed by atoms with Crippen molar-refractivity contribution in [1.29, 1.82) is 0 Å². The van der Waals surface area contributed by atoms with Crippen molar-refractivity contribution in [2.24, 2.45) is 0 Å². The van der Waals surface area contributed by atoms with Gasteiger partial charge in [-0.3, -0.25) is 0 Å². The molecule has 2 rings (SSSR count). The standard InChI is InChI=1S/C12H16N2OS/c1-3-12(15)10-4-5-14(6-10)7-11-8-16-9(2)13-11/h4-6,8,12,15H,3,7H2,1-2H3. The van der Waals surface area contributed by atoms with Gasteiger partial charge in [-0.2, -0.15) is 0 Å². The molecule has 0 radical (unpaired) electrons. The van der Waals surface area contributed by atoms with Gasteiger partial charge in [-0.05, 0) is 25.0 Å². The van der Waals surface area contributed by atoms with Crippen molar-refractivity contribution in [1.82, 2.24) is 9.55 Å². The van der Waals surface area contributed by atoms with Crippen LogP contribution in [-0.2, 0) is 6.54 Å². The molecule has 0 aromatic carbocycles. The highest BCUT2D eigenvalue weighted by molar-refractivity contribution is 7.09. The predicted molar refractivity (Wildman–Crippen MR) is 65.6 cm³/mol. The number of aryl methyl sites for hydroxylation is 1. The first-order valence-electron chi connectivity index (χ1n) is 5.43. The molecule has 86 valence electrons. The molecule has 3 nitrogen and oxygen atoms in total. The van der Waals surface area contributed by atoms with E-state index in [1.165, 1.54) is 0 Å². The van der Waals surface area contributed by atoms with E-state index in [2.05, 4.69) is 14.9 Å². The largest absolute Gasteiger partial charge is 0.388 e. The number of hydrogen-bond acceptors (Lipinski definition) is 3. The molecule has 0 bridgehead atoms. The molecule has 2 aromatic rings. The third-order valence-corrected chi connectivity index (χ3v) is 3.38. The van der Waals surface area contributed by atoms with Crippen LogP contribution in [0.25, 0.3) is 0 Å². The lowest BCUT2D eigenvalue weighted by Crippen LogP contribution is -1.98. The van der Waals surface area contributed by atoms with Crippen molar-refractivity contribution in [3.8, 4) is 0 Å². The Kier molecular flexibility index (Phi) is 3.41. The first-order valence-corrected chi connectivity index (χ1v) is 6.31. The molecule has 2 aromatic heterocycles. The van der Waals surface area contributed by atoms with E-state index < -0.39 is 0 Å². The smallest absolute Gasteiger partial charge is 0.0898 e. The van der Waals surface area contributed by atoms with Crippen molar-refractivity contribution in [3.63, 3.8) is 0 Å². The maximum atomic E-state index is 9.69. The molecule has 0 aliphatic heterocycles.